The first-order valence-electron chi connectivity index (χ1n) is 5.92. The molecule has 1 fully saturated rings. The van der Waals surface area contributed by atoms with Gasteiger partial charge in [0, 0.05) is 32.1 Å². The molecule has 1 atom stereocenters. The molecule has 7 heteroatoms. The minimum atomic E-state index is -2.66. The van der Waals surface area contributed by atoms with Crippen molar-refractivity contribution in [3.63, 3.8) is 0 Å². The van der Waals surface area contributed by atoms with Crippen LogP contribution in [0.3, 0.4) is 0 Å². The summed E-state index contributed by atoms with van der Waals surface area (Å²) in [5, 5.41) is 0.303. The first-order valence-corrected chi connectivity index (χ1v) is 6.29. The van der Waals surface area contributed by atoms with E-state index in [1.165, 1.54) is 6.20 Å². The largest absolute Gasteiger partial charge is 0.368 e. The second-order valence-electron chi connectivity index (χ2n) is 4.61. The Balaban J connectivity index is 2.17. The molecule has 2 N–H and O–H groups in total. The van der Waals surface area contributed by atoms with E-state index in [4.69, 9.17) is 17.3 Å². The van der Waals surface area contributed by atoms with E-state index in [1.54, 1.807) is 17.0 Å². The standard InChI is InChI=1S/C12H14ClF2N3O/c13-9-2-1-8(7-17-9)10(11(16)19)18-5-3-12(14,15)4-6-18/h1-2,7,10H,3-6H2,(H2,16,19). The maximum Gasteiger partial charge on any atom is 0.250 e. The van der Waals surface area contributed by atoms with Crippen molar-refractivity contribution in [2.75, 3.05) is 13.1 Å². The SMILES string of the molecule is NC(=O)C(c1ccc(Cl)nc1)N1CCC(F)(F)CC1. The normalized spacial score (nSPS) is 21.0. The first kappa shape index (κ1) is 14.1. The molecule has 1 saturated heterocycles. The maximum atomic E-state index is 13.1. The molecule has 0 bridgehead atoms. The van der Waals surface area contributed by atoms with Crippen LogP contribution in [-0.4, -0.2) is 34.8 Å². The molecule has 0 aromatic carbocycles. The van der Waals surface area contributed by atoms with Gasteiger partial charge in [-0.2, -0.15) is 0 Å². The minimum Gasteiger partial charge on any atom is -0.368 e. The van der Waals surface area contributed by atoms with E-state index in [0.717, 1.165) is 0 Å². The molecule has 1 amide bonds. The zero-order valence-electron chi connectivity index (χ0n) is 10.2. The highest BCUT2D eigenvalue weighted by atomic mass is 35.5. The highest BCUT2D eigenvalue weighted by Gasteiger charge is 2.38. The van der Waals surface area contributed by atoms with Gasteiger partial charge in [0.05, 0.1) is 0 Å². The van der Waals surface area contributed by atoms with Gasteiger partial charge in [-0.1, -0.05) is 17.7 Å². The lowest BCUT2D eigenvalue weighted by atomic mass is 10.0. The Bertz CT molecular complexity index is 457. The van der Waals surface area contributed by atoms with E-state index in [1.807, 2.05) is 0 Å². The Morgan fingerprint density at radius 3 is 2.53 bits per heavy atom. The second-order valence-corrected chi connectivity index (χ2v) is 5.00. The molecule has 0 radical (unpaired) electrons. The number of carbonyl (C=O) groups is 1. The zero-order chi connectivity index (χ0) is 14.0. The lowest BCUT2D eigenvalue weighted by Crippen LogP contribution is -2.45. The minimum absolute atomic E-state index is 0.128. The van der Waals surface area contributed by atoms with Crippen LogP contribution in [0.4, 0.5) is 8.78 Å². The lowest BCUT2D eigenvalue weighted by Gasteiger charge is -2.36. The molecular formula is C12H14ClF2N3O. The molecule has 1 aromatic heterocycles. The molecule has 2 heterocycles. The second kappa shape index (κ2) is 5.38. The summed E-state index contributed by atoms with van der Waals surface area (Å²) in [5.74, 6) is -3.23. The Morgan fingerprint density at radius 2 is 2.05 bits per heavy atom. The highest BCUT2D eigenvalue weighted by Crippen LogP contribution is 2.32. The van der Waals surface area contributed by atoms with Crippen molar-refractivity contribution >= 4 is 17.5 Å². The fourth-order valence-electron chi connectivity index (χ4n) is 2.21. The van der Waals surface area contributed by atoms with Crippen LogP contribution < -0.4 is 5.73 Å². The van der Waals surface area contributed by atoms with E-state index in [-0.39, 0.29) is 25.9 Å². The lowest BCUT2D eigenvalue weighted by molar-refractivity contribution is -0.127. The van der Waals surface area contributed by atoms with Gasteiger partial charge in [-0.05, 0) is 11.6 Å². The van der Waals surface area contributed by atoms with Gasteiger partial charge in [0.25, 0.3) is 5.92 Å². The van der Waals surface area contributed by atoms with Gasteiger partial charge in [0.15, 0.2) is 0 Å². The summed E-state index contributed by atoms with van der Waals surface area (Å²) in [5.41, 5.74) is 5.95. The van der Waals surface area contributed by atoms with E-state index < -0.39 is 17.9 Å². The van der Waals surface area contributed by atoms with Gasteiger partial charge in [-0.3, -0.25) is 9.69 Å². The number of nitrogens with zero attached hydrogens (tertiary/aromatic N) is 2. The molecule has 1 aromatic rings. The van der Waals surface area contributed by atoms with Gasteiger partial charge in [0.2, 0.25) is 5.91 Å². The monoisotopic (exact) mass is 289 g/mol. The number of piperidine rings is 1. The molecular weight excluding hydrogens is 276 g/mol. The number of halogens is 3. The van der Waals surface area contributed by atoms with Crippen molar-refractivity contribution in [2.24, 2.45) is 5.73 Å². The Hall–Kier alpha value is -1.27. The van der Waals surface area contributed by atoms with Crippen molar-refractivity contribution in [1.29, 1.82) is 0 Å². The highest BCUT2D eigenvalue weighted by molar-refractivity contribution is 6.29. The van der Waals surface area contributed by atoms with Crippen LogP contribution in [0.15, 0.2) is 18.3 Å². The summed E-state index contributed by atoms with van der Waals surface area (Å²) in [7, 11) is 0. The number of hydrogen-bond donors (Lipinski definition) is 1. The predicted octanol–water partition coefficient (Wildman–Crippen LogP) is 1.99. The van der Waals surface area contributed by atoms with Crippen molar-refractivity contribution in [1.82, 2.24) is 9.88 Å². The smallest absolute Gasteiger partial charge is 0.250 e. The maximum absolute atomic E-state index is 13.1. The molecule has 0 aliphatic carbocycles. The third-order valence-corrected chi connectivity index (χ3v) is 3.45. The number of carbonyl (C=O) groups excluding carboxylic acids is 1. The number of rotatable bonds is 3. The average Bonchev–Trinajstić information content (AvgIpc) is 2.33. The summed E-state index contributed by atoms with van der Waals surface area (Å²) >= 11 is 5.68. The Morgan fingerprint density at radius 1 is 1.42 bits per heavy atom. The van der Waals surface area contributed by atoms with E-state index in [0.29, 0.717) is 10.7 Å². The molecule has 1 unspecified atom stereocenters. The van der Waals surface area contributed by atoms with Crippen LogP contribution in [-0.2, 0) is 4.79 Å². The van der Waals surface area contributed by atoms with Crippen LogP contribution >= 0.6 is 11.6 Å². The summed E-state index contributed by atoms with van der Waals surface area (Å²) in [6.07, 6.45) is 0.917. The number of pyridine rings is 1. The van der Waals surface area contributed by atoms with E-state index in [9.17, 15) is 13.6 Å². The molecule has 0 saturated carbocycles. The molecule has 2 rings (SSSR count). The number of nitrogens with two attached hydrogens (primary N) is 1. The van der Waals surface area contributed by atoms with Gasteiger partial charge in [-0.25, -0.2) is 13.8 Å². The molecule has 19 heavy (non-hydrogen) atoms. The van der Waals surface area contributed by atoms with Crippen molar-refractivity contribution in [2.45, 2.75) is 24.8 Å². The average molecular weight is 290 g/mol. The quantitative estimate of drug-likeness (QED) is 0.866. The summed E-state index contributed by atoms with van der Waals surface area (Å²) < 4.78 is 26.3. The van der Waals surface area contributed by atoms with Crippen LogP contribution in [0.25, 0.3) is 0 Å². The first-order chi connectivity index (χ1) is 8.89. The number of aromatic nitrogens is 1. The topological polar surface area (TPSA) is 59.2 Å². The van der Waals surface area contributed by atoms with Crippen molar-refractivity contribution in [3.8, 4) is 0 Å². The number of amides is 1. The fraction of sp³-hybridized carbons (Fsp3) is 0.500. The number of hydrogen-bond acceptors (Lipinski definition) is 3. The third kappa shape index (κ3) is 3.39. The van der Waals surface area contributed by atoms with Crippen molar-refractivity contribution < 1.29 is 13.6 Å². The summed E-state index contributed by atoms with van der Waals surface area (Å²) in [6.45, 7) is 0.256. The molecule has 1 aliphatic rings. The van der Waals surface area contributed by atoms with Gasteiger partial charge < -0.3 is 5.73 Å². The number of likely N-dealkylation sites (tertiary alicyclic amines) is 1. The molecule has 104 valence electrons. The zero-order valence-corrected chi connectivity index (χ0v) is 10.9. The van der Waals surface area contributed by atoms with Crippen LogP contribution in [0.1, 0.15) is 24.4 Å². The van der Waals surface area contributed by atoms with Gasteiger partial charge in [-0.15, -0.1) is 0 Å². The molecule has 1 aliphatic heterocycles. The third-order valence-electron chi connectivity index (χ3n) is 3.23. The Labute approximate surface area is 114 Å². The summed E-state index contributed by atoms with van der Waals surface area (Å²) in [6, 6.07) is 2.45. The number of primary amides is 1. The van der Waals surface area contributed by atoms with Crippen LogP contribution in [0, 0.1) is 0 Å². The molecule has 4 nitrogen and oxygen atoms in total. The van der Waals surface area contributed by atoms with E-state index >= 15 is 0 Å². The van der Waals surface area contributed by atoms with Crippen LogP contribution in [0.2, 0.25) is 5.15 Å². The van der Waals surface area contributed by atoms with Crippen molar-refractivity contribution in [3.05, 3.63) is 29.0 Å². The fourth-order valence-corrected chi connectivity index (χ4v) is 2.33. The summed E-state index contributed by atoms with van der Waals surface area (Å²) in [4.78, 5) is 17.1. The number of alkyl halides is 2. The van der Waals surface area contributed by atoms with Gasteiger partial charge in [0.1, 0.15) is 11.2 Å². The van der Waals surface area contributed by atoms with Crippen LogP contribution in [0.5, 0.6) is 0 Å². The van der Waals surface area contributed by atoms with Gasteiger partial charge >= 0.3 is 0 Å². The predicted molar refractivity (Wildman–Crippen MR) is 66.9 cm³/mol. The Kier molecular flexibility index (Phi) is 4.01. The van der Waals surface area contributed by atoms with E-state index in [2.05, 4.69) is 4.98 Å². The molecule has 0 spiro atoms.